The molecule has 0 amide bonds. The predicted molar refractivity (Wildman–Crippen MR) is 125 cm³/mol. The number of hydrogen-bond acceptors (Lipinski definition) is 3. The molecule has 3 nitrogen and oxygen atoms in total. The zero-order valence-corrected chi connectivity index (χ0v) is 20.1. The van der Waals surface area contributed by atoms with Crippen LogP contribution in [0, 0.1) is 32.2 Å². The molecule has 160 valence electrons. The average Bonchev–Trinajstić information content (AvgIpc) is 3.05. The molecule has 0 N–H and O–H groups in total. The summed E-state index contributed by atoms with van der Waals surface area (Å²) in [5.41, 5.74) is 2.36. The van der Waals surface area contributed by atoms with E-state index in [2.05, 4.69) is 36.4 Å². The maximum absolute atomic E-state index is 12.8. The lowest BCUT2D eigenvalue weighted by atomic mass is 9.47. The van der Waals surface area contributed by atoms with Crippen molar-refractivity contribution in [2.45, 2.75) is 71.3 Å². The van der Waals surface area contributed by atoms with Crippen molar-refractivity contribution in [1.29, 1.82) is 0 Å². The number of carbonyl (C=O) groups excluding carboxylic acids is 2. The Labute approximate surface area is 193 Å². The first kappa shape index (κ1) is 20.7. The van der Waals surface area contributed by atoms with Crippen molar-refractivity contribution in [2.24, 2.45) is 28.6 Å². The number of hydrogen-bond donors (Lipinski definition) is 0. The molecule has 6 atom stereocenters. The fourth-order valence-electron chi connectivity index (χ4n) is 7.49. The van der Waals surface area contributed by atoms with Crippen LogP contribution in [0.15, 0.2) is 35.9 Å². The van der Waals surface area contributed by atoms with Crippen LogP contribution in [-0.4, -0.2) is 17.9 Å². The zero-order valence-electron chi connectivity index (χ0n) is 18.0. The van der Waals surface area contributed by atoms with Crippen molar-refractivity contribution in [3.05, 3.63) is 45.0 Å². The number of carbonyl (C=O) groups is 2. The summed E-state index contributed by atoms with van der Waals surface area (Å²) in [6.45, 7) is 4.80. The highest BCUT2D eigenvalue weighted by Gasteiger charge is 2.60. The molecule has 0 spiro atoms. The zero-order chi connectivity index (χ0) is 21.1. The highest BCUT2D eigenvalue weighted by molar-refractivity contribution is 14.1. The van der Waals surface area contributed by atoms with Gasteiger partial charge in [0, 0.05) is 15.4 Å². The van der Waals surface area contributed by atoms with Crippen LogP contribution in [0.25, 0.3) is 0 Å². The standard InChI is InChI=1S/C26H31IO3/c1-25-13-11-19(28)15-17(25)5-8-20-21-9-10-23(26(21,2)14-12-22(20)25)30-24(29)16-3-6-18(27)7-4-16/h3-4,6-7,15,20-23H,5,8-14H2,1-2H3/t20-,21-,22-,23+,25-,26-/m0/s1. The van der Waals surface area contributed by atoms with Crippen LogP contribution in [0.2, 0.25) is 0 Å². The lowest BCUT2D eigenvalue weighted by Crippen LogP contribution is -2.51. The van der Waals surface area contributed by atoms with Crippen molar-refractivity contribution >= 4 is 34.3 Å². The number of esters is 1. The van der Waals surface area contributed by atoms with Gasteiger partial charge in [-0.3, -0.25) is 4.79 Å². The third kappa shape index (κ3) is 3.20. The van der Waals surface area contributed by atoms with Gasteiger partial charge in [0.05, 0.1) is 5.56 Å². The van der Waals surface area contributed by atoms with Crippen molar-refractivity contribution in [1.82, 2.24) is 0 Å². The number of allylic oxidation sites excluding steroid dienone is 1. The van der Waals surface area contributed by atoms with Crippen LogP contribution in [-0.2, 0) is 9.53 Å². The topological polar surface area (TPSA) is 43.4 Å². The first-order chi connectivity index (χ1) is 14.3. The smallest absolute Gasteiger partial charge is 0.338 e. The van der Waals surface area contributed by atoms with Crippen LogP contribution in [0.3, 0.4) is 0 Å². The SMILES string of the molecule is C[C@]12CC[C@H]3[C@@H](CCC4=CC(=O)CC[C@@]43C)[C@@H]1CC[C@H]2OC(=O)c1ccc(I)cc1. The van der Waals surface area contributed by atoms with E-state index in [0.29, 0.717) is 35.5 Å². The Balaban J connectivity index is 1.35. The van der Waals surface area contributed by atoms with Gasteiger partial charge in [-0.05, 0) is 121 Å². The molecule has 0 radical (unpaired) electrons. The summed E-state index contributed by atoms with van der Waals surface area (Å²) in [7, 11) is 0. The highest BCUT2D eigenvalue weighted by Crippen LogP contribution is 2.65. The summed E-state index contributed by atoms with van der Waals surface area (Å²) in [5.74, 6) is 2.15. The van der Waals surface area contributed by atoms with Gasteiger partial charge in [-0.15, -0.1) is 0 Å². The molecule has 4 heteroatoms. The molecular weight excluding hydrogens is 487 g/mol. The number of ketones is 1. The van der Waals surface area contributed by atoms with Crippen LogP contribution in [0.1, 0.15) is 75.6 Å². The normalized spacial score (nSPS) is 40.1. The van der Waals surface area contributed by atoms with Gasteiger partial charge >= 0.3 is 5.97 Å². The molecule has 0 heterocycles. The highest BCUT2D eigenvalue weighted by atomic mass is 127. The Kier molecular flexibility index (Phi) is 5.15. The van der Waals surface area contributed by atoms with E-state index in [1.165, 1.54) is 18.4 Å². The van der Waals surface area contributed by atoms with Crippen LogP contribution in [0.4, 0.5) is 0 Å². The summed E-state index contributed by atoms with van der Waals surface area (Å²) < 4.78 is 7.26. The van der Waals surface area contributed by atoms with Gasteiger partial charge in [0.15, 0.2) is 5.78 Å². The van der Waals surface area contributed by atoms with Crippen LogP contribution < -0.4 is 0 Å². The van der Waals surface area contributed by atoms with Gasteiger partial charge in [0.1, 0.15) is 6.10 Å². The summed E-state index contributed by atoms with van der Waals surface area (Å²) in [4.78, 5) is 24.8. The summed E-state index contributed by atoms with van der Waals surface area (Å²) in [6.07, 6.45) is 10.5. The van der Waals surface area contributed by atoms with Crippen LogP contribution >= 0.6 is 22.6 Å². The molecule has 4 aliphatic carbocycles. The second-order valence-electron chi connectivity index (χ2n) is 10.5. The van der Waals surface area contributed by atoms with E-state index < -0.39 is 0 Å². The van der Waals surface area contributed by atoms with Gasteiger partial charge in [-0.2, -0.15) is 0 Å². The molecule has 0 aliphatic heterocycles. The predicted octanol–water partition coefficient (Wildman–Crippen LogP) is 6.35. The van der Waals surface area contributed by atoms with E-state index in [4.69, 9.17) is 4.74 Å². The molecule has 5 rings (SSSR count). The number of ether oxygens (including phenoxy) is 1. The van der Waals surface area contributed by atoms with Crippen molar-refractivity contribution < 1.29 is 14.3 Å². The second-order valence-corrected chi connectivity index (χ2v) is 11.7. The first-order valence-corrected chi connectivity index (χ1v) is 12.6. The minimum absolute atomic E-state index is 0.0212. The summed E-state index contributed by atoms with van der Waals surface area (Å²) >= 11 is 2.25. The molecule has 1 aromatic rings. The van der Waals surface area contributed by atoms with E-state index in [1.807, 2.05) is 30.3 Å². The molecule has 4 aliphatic rings. The van der Waals surface area contributed by atoms with E-state index in [-0.39, 0.29) is 22.9 Å². The molecule has 0 aromatic heterocycles. The third-order valence-corrected chi connectivity index (χ3v) is 9.92. The number of halogens is 1. The van der Waals surface area contributed by atoms with Gasteiger partial charge in [-0.25, -0.2) is 4.79 Å². The molecule has 0 unspecified atom stereocenters. The number of rotatable bonds is 2. The molecule has 0 saturated heterocycles. The summed E-state index contributed by atoms with van der Waals surface area (Å²) in [5, 5.41) is 0. The molecule has 3 fully saturated rings. The molecular formula is C26H31IO3. The first-order valence-electron chi connectivity index (χ1n) is 11.5. The maximum Gasteiger partial charge on any atom is 0.338 e. The van der Waals surface area contributed by atoms with Crippen molar-refractivity contribution in [3.63, 3.8) is 0 Å². The quantitative estimate of drug-likeness (QED) is 0.339. The lowest BCUT2D eigenvalue weighted by Gasteiger charge is -2.57. The minimum atomic E-state index is -0.174. The Bertz CT molecular complexity index is 903. The molecule has 1 aromatic carbocycles. The Morgan fingerprint density at radius 2 is 1.77 bits per heavy atom. The van der Waals surface area contributed by atoms with E-state index in [9.17, 15) is 9.59 Å². The molecule has 0 bridgehead atoms. The Hall–Kier alpha value is -1.17. The number of fused-ring (bicyclic) bond motifs is 5. The Morgan fingerprint density at radius 1 is 1.00 bits per heavy atom. The van der Waals surface area contributed by atoms with Crippen molar-refractivity contribution in [2.75, 3.05) is 0 Å². The molecule has 30 heavy (non-hydrogen) atoms. The van der Waals surface area contributed by atoms with Gasteiger partial charge < -0.3 is 4.74 Å². The number of benzene rings is 1. The average molecular weight is 518 g/mol. The minimum Gasteiger partial charge on any atom is -0.458 e. The maximum atomic E-state index is 12.8. The third-order valence-electron chi connectivity index (χ3n) is 9.20. The van der Waals surface area contributed by atoms with E-state index in [1.54, 1.807) is 0 Å². The van der Waals surface area contributed by atoms with Gasteiger partial charge in [0.25, 0.3) is 0 Å². The van der Waals surface area contributed by atoms with E-state index >= 15 is 0 Å². The largest absolute Gasteiger partial charge is 0.458 e. The van der Waals surface area contributed by atoms with Crippen molar-refractivity contribution in [3.8, 4) is 0 Å². The van der Waals surface area contributed by atoms with E-state index in [0.717, 1.165) is 35.7 Å². The fraction of sp³-hybridized carbons (Fsp3) is 0.615. The lowest BCUT2D eigenvalue weighted by molar-refractivity contribution is -0.118. The van der Waals surface area contributed by atoms with Gasteiger partial charge in [-0.1, -0.05) is 19.4 Å². The summed E-state index contributed by atoms with van der Waals surface area (Å²) in [6, 6.07) is 7.67. The Morgan fingerprint density at radius 3 is 2.53 bits per heavy atom. The van der Waals surface area contributed by atoms with Gasteiger partial charge in [0.2, 0.25) is 0 Å². The van der Waals surface area contributed by atoms with Crippen LogP contribution in [0.5, 0.6) is 0 Å². The monoisotopic (exact) mass is 518 g/mol. The fourth-order valence-corrected chi connectivity index (χ4v) is 7.85. The molecule has 3 saturated carbocycles. The second kappa shape index (κ2) is 7.46.